The molecular weight excluding hydrogens is 385 g/mol. The Morgan fingerprint density at radius 3 is 2.20 bits per heavy atom. The van der Waals surface area contributed by atoms with Gasteiger partial charge in [0.05, 0.1) is 15.7 Å². The van der Waals surface area contributed by atoms with Crippen molar-refractivity contribution in [2.75, 3.05) is 4.72 Å². The molecule has 7 heteroatoms. The third kappa shape index (κ3) is 3.28. The number of nitrogens with one attached hydrogen (secondary N) is 1. The summed E-state index contributed by atoms with van der Waals surface area (Å²) in [5.41, 5.74) is 1.29. The van der Waals surface area contributed by atoms with Gasteiger partial charge in [-0.1, -0.05) is 57.3 Å². The van der Waals surface area contributed by atoms with Crippen molar-refractivity contribution in [3.63, 3.8) is 0 Å². The van der Waals surface area contributed by atoms with Crippen LogP contribution in [0, 0.1) is 6.92 Å². The van der Waals surface area contributed by atoms with Crippen LogP contribution in [-0.2, 0) is 10.0 Å². The Bertz CT molecular complexity index is 740. The van der Waals surface area contributed by atoms with Crippen molar-refractivity contribution in [1.29, 1.82) is 0 Å². The van der Waals surface area contributed by atoms with Gasteiger partial charge in [-0.05, 0) is 30.7 Å². The number of benzene rings is 2. The Balaban J connectivity index is 2.50. The zero-order chi connectivity index (χ0) is 14.9. The molecule has 0 aliphatic carbocycles. The third-order valence-electron chi connectivity index (χ3n) is 2.62. The minimum absolute atomic E-state index is 0.0606. The Kier molecular flexibility index (Phi) is 4.64. The Morgan fingerprint density at radius 1 is 1.10 bits per heavy atom. The Morgan fingerprint density at radius 2 is 1.65 bits per heavy atom. The minimum atomic E-state index is -3.85. The van der Waals surface area contributed by atoms with Gasteiger partial charge in [0.25, 0.3) is 10.0 Å². The SMILES string of the molecule is Cc1ccccc1NS(=O)(=O)c1c(Cl)cc(Br)cc1Cl. The zero-order valence-corrected chi connectivity index (χ0v) is 14.2. The fourth-order valence-electron chi connectivity index (χ4n) is 1.67. The first-order valence-corrected chi connectivity index (χ1v) is 8.57. The predicted octanol–water partition coefficient (Wildman–Crippen LogP) is 4.87. The first-order valence-electron chi connectivity index (χ1n) is 5.54. The van der Waals surface area contributed by atoms with Crippen LogP contribution < -0.4 is 4.72 Å². The molecule has 0 heterocycles. The van der Waals surface area contributed by atoms with Crippen LogP contribution in [0.25, 0.3) is 0 Å². The molecule has 2 rings (SSSR count). The van der Waals surface area contributed by atoms with E-state index in [1.165, 1.54) is 12.1 Å². The van der Waals surface area contributed by atoms with E-state index in [1.54, 1.807) is 12.1 Å². The summed E-state index contributed by atoms with van der Waals surface area (Å²) in [6, 6.07) is 10.0. The molecule has 0 spiro atoms. The van der Waals surface area contributed by atoms with Crippen LogP contribution in [-0.4, -0.2) is 8.42 Å². The van der Waals surface area contributed by atoms with E-state index in [-0.39, 0.29) is 14.9 Å². The van der Waals surface area contributed by atoms with Gasteiger partial charge in [-0.15, -0.1) is 0 Å². The first kappa shape index (κ1) is 15.6. The number of anilines is 1. The van der Waals surface area contributed by atoms with E-state index in [9.17, 15) is 8.42 Å². The standard InChI is InChI=1S/C13H10BrCl2NO2S/c1-8-4-2-3-5-12(8)17-20(18,19)13-10(15)6-9(14)7-11(13)16/h2-7,17H,1H3. The van der Waals surface area contributed by atoms with Crippen molar-refractivity contribution < 1.29 is 8.42 Å². The normalized spacial score (nSPS) is 11.4. The molecule has 0 aliphatic heterocycles. The van der Waals surface area contributed by atoms with Gasteiger partial charge < -0.3 is 0 Å². The predicted molar refractivity (Wildman–Crippen MR) is 86.1 cm³/mol. The fourth-order valence-corrected chi connectivity index (χ4v) is 4.74. The molecule has 0 radical (unpaired) electrons. The summed E-state index contributed by atoms with van der Waals surface area (Å²) in [6.07, 6.45) is 0. The van der Waals surface area contributed by atoms with Crippen LogP contribution in [0.15, 0.2) is 45.8 Å². The van der Waals surface area contributed by atoms with Gasteiger partial charge in [0.1, 0.15) is 4.90 Å². The van der Waals surface area contributed by atoms with E-state index >= 15 is 0 Å². The van der Waals surface area contributed by atoms with Gasteiger partial charge in [-0.2, -0.15) is 0 Å². The maximum Gasteiger partial charge on any atom is 0.264 e. The molecule has 0 bridgehead atoms. The number of para-hydroxylation sites is 1. The maximum atomic E-state index is 12.4. The van der Waals surface area contributed by atoms with Gasteiger partial charge >= 0.3 is 0 Å². The second kappa shape index (κ2) is 5.93. The number of hydrogen-bond acceptors (Lipinski definition) is 2. The highest BCUT2D eigenvalue weighted by molar-refractivity contribution is 9.10. The maximum absolute atomic E-state index is 12.4. The molecule has 20 heavy (non-hydrogen) atoms. The summed E-state index contributed by atoms with van der Waals surface area (Å²) in [5, 5.41) is 0.121. The van der Waals surface area contributed by atoms with E-state index in [1.807, 2.05) is 19.1 Å². The molecule has 2 aromatic rings. The molecule has 0 atom stereocenters. The van der Waals surface area contributed by atoms with Gasteiger partial charge in [0, 0.05) is 4.47 Å². The lowest BCUT2D eigenvalue weighted by atomic mass is 10.2. The van der Waals surface area contributed by atoms with Crippen molar-refractivity contribution in [2.24, 2.45) is 0 Å². The van der Waals surface area contributed by atoms with Crippen LogP contribution >= 0.6 is 39.1 Å². The summed E-state index contributed by atoms with van der Waals surface area (Å²) >= 11 is 15.2. The molecular formula is C13H10BrCl2NO2S. The van der Waals surface area contributed by atoms with Gasteiger partial charge in [-0.25, -0.2) is 8.42 Å². The van der Waals surface area contributed by atoms with Crippen molar-refractivity contribution in [2.45, 2.75) is 11.8 Å². The van der Waals surface area contributed by atoms with E-state index in [4.69, 9.17) is 23.2 Å². The molecule has 0 aliphatic rings. The second-order valence-corrected chi connectivity index (χ2v) is 7.47. The molecule has 0 amide bonds. The van der Waals surface area contributed by atoms with Crippen molar-refractivity contribution in [1.82, 2.24) is 0 Å². The van der Waals surface area contributed by atoms with Crippen molar-refractivity contribution in [3.05, 3.63) is 56.5 Å². The number of rotatable bonds is 3. The van der Waals surface area contributed by atoms with E-state index in [0.29, 0.717) is 10.2 Å². The Hall–Kier alpha value is -0.750. The van der Waals surface area contributed by atoms with Gasteiger partial charge in [0.15, 0.2) is 0 Å². The molecule has 0 saturated heterocycles. The van der Waals surface area contributed by atoms with Crippen LogP contribution in [0.4, 0.5) is 5.69 Å². The highest BCUT2D eigenvalue weighted by atomic mass is 79.9. The van der Waals surface area contributed by atoms with Gasteiger partial charge in [-0.3, -0.25) is 4.72 Å². The highest BCUT2D eigenvalue weighted by Gasteiger charge is 2.23. The minimum Gasteiger partial charge on any atom is -0.279 e. The topological polar surface area (TPSA) is 46.2 Å². The molecule has 0 unspecified atom stereocenters. The number of aryl methyl sites for hydroxylation is 1. The lowest BCUT2D eigenvalue weighted by Gasteiger charge is -2.13. The summed E-state index contributed by atoms with van der Waals surface area (Å²) in [7, 11) is -3.85. The first-order chi connectivity index (χ1) is 9.31. The lowest BCUT2D eigenvalue weighted by molar-refractivity contribution is 0.601. The van der Waals surface area contributed by atoms with Crippen LogP contribution in [0.2, 0.25) is 10.0 Å². The van der Waals surface area contributed by atoms with E-state index < -0.39 is 10.0 Å². The average Bonchev–Trinajstić information content (AvgIpc) is 2.30. The lowest BCUT2D eigenvalue weighted by Crippen LogP contribution is -2.14. The average molecular weight is 395 g/mol. The highest BCUT2D eigenvalue weighted by Crippen LogP contribution is 2.34. The number of hydrogen-bond donors (Lipinski definition) is 1. The van der Waals surface area contributed by atoms with Crippen LogP contribution in [0.1, 0.15) is 5.56 Å². The summed E-state index contributed by atoms with van der Waals surface area (Å²) < 4.78 is 27.9. The van der Waals surface area contributed by atoms with E-state index in [2.05, 4.69) is 20.7 Å². The number of halogens is 3. The molecule has 0 aromatic heterocycles. The largest absolute Gasteiger partial charge is 0.279 e. The molecule has 106 valence electrons. The molecule has 0 saturated carbocycles. The quantitative estimate of drug-likeness (QED) is 0.807. The Labute approximate surface area is 136 Å². The second-order valence-electron chi connectivity index (χ2n) is 4.12. The monoisotopic (exact) mass is 393 g/mol. The van der Waals surface area contributed by atoms with Gasteiger partial charge in [0.2, 0.25) is 0 Å². The molecule has 3 nitrogen and oxygen atoms in total. The van der Waals surface area contributed by atoms with Crippen molar-refractivity contribution in [3.8, 4) is 0 Å². The third-order valence-corrected chi connectivity index (χ3v) is 5.37. The molecule has 1 N–H and O–H groups in total. The fraction of sp³-hybridized carbons (Fsp3) is 0.0769. The zero-order valence-electron chi connectivity index (χ0n) is 10.3. The summed E-state index contributed by atoms with van der Waals surface area (Å²) in [5.74, 6) is 0. The van der Waals surface area contributed by atoms with Crippen LogP contribution in [0.5, 0.6) is 0 Å². The smallest absolute Gasteiger partial charge is 0.264 e. The van der Waals surface area contributed by atoms with Crippen LogP contribution in [0.3, 0.4) is 0 Å². The summed E-state index contributed by atoms with van der Waals surface area (Å²) in [6.45, 7) is 1.81. The summed E-state index contributed by atoms with van der Waals surface area (Å²) in [4.78, 5) is -0.132. The van der Waals surface area contributed by atoms with Crippen molar-refractivity contribution >= 4 is 54.8 Å². The van der Waals surface area contributed by atoms with E-state index in [0.717, 1.165) is 5.56 Å². The molecule has 2 aromatic carbocycles. The molecule has 0 fully saturated rings. The number of sulfonamides is 1.